The van der Waals surface area contributed by atoms with Crippen molar-refractivity contribution in [3.63, 3.8) is 0 Å². The van der Waals surface area contributed by atoms with Crippen molar-refractivity contribution in [2.75, 3.05) is 5.32 Å². The lowest BCUT2D eigenvalue weighted by Gasteiger charge is -2.07. The van der Waals surface area contributed by atoms with Gasteiger partial charge in [-0.15, -0.1) is 0 Å². The van der Waals surface area contributed by atoms with Crippen LogP contribution in [-0.4, -0.2) is 9.97 Å². The zero-order chi connectivity index (χ0) is 12.3. The van der Waals surface area contributed by atoms with E-state index in [9.17, 15) is 0 Å². The van der Waals surface area contributed by atoms with E-state index < -0.39 is 0 Å². The third-order valence-corrected chi connectivity index (χ3v) is 2.67. The van der Waals surface area contributed by atoms with Gasteiger partial charge in [-0.2, -0.15) is 5.26 Å². The largest absolute Gasteiger partial charge is 0.339 e. The van der Waals surface area contributed by atoms with E-state index in [-0.39, 0.29) is 0 Å². The van der Waals surface area contributed by atoms with Gasteiger partial charge in [-0.3, -0.25) is 0 Å². The molecule has 0 radical (unpaired) electrons. The van der Waals surface area contributed by atoms with Crippen LogP contribution >= 0.6 is 11.6 Å². The number of hydrogen-bond donors (Lipinski definition) is 1. The van der Waals surface area contributed by atoms with Crippen molar-refractivity contribution >= 4 is 23.1 Å². The normalized spacial score (nSPS) is 9.71. The highest BCUT2D eigenvalue weighted by molar-refractivity contribution is 6.31. The Balaban J connectivity index is 2.32. The molecule has 4 nitrogen and oxygen atoms in total. The van der Waals surface area contributed by atoms with Gasteiger partial charge in [-0.05, 0) is 24.6 Å². The van der Waals surface area contributed by atoms with E-state index >= 15 is 0 Å². The SMILES string of the molecule is Cc1ccc(Nc2ncncc2C#N)cc1Cl. The van der Waals surface area contributed by atoms with Crippen molar-refractivity contribution in [2.24, 2.45) is 0 Å². The molecular weight excluding hydrogens is 236 g/mol. The average Bonchev–Trinajstić information content (AvgIpc) is 2.34. The predicted molar refractivity (Wildman–Crippen MR) is 66.2 cm³/mol. The molecule has 0 spiro atoms. The molecule has 0 aliphatic rings. The fourth-order valence-electron chi connectivity index (χ4n) is 1.32. The van der Waals surface area contributed by atoms with Crippen LogP contribution in [0.15, 0.2) is 30.7 Å². The number of hydrogen-bond acceptors (Lipinski definition) is 4. The van der Waals surface area contributed by atoms with Crippen LogP contribution in [0.4, 0.5) is 11.5 Å². The Kier molecular flexibility index (Phi) is 3.22. The highest BCUT2D eigenvalue weighted by atomic mass is 35.5. The lowest BCUT2D eigenvalue weighted by atomic mass is 10.2. The number of aromatic nitrogens is 2. The third-order valence-electron chi connectivity index (χ3n) is 2.27. The summed E-state index contributed by atoms with van der Waals surface area (Å²) in [5.74, 6) is 0.474. The highest BCUT2D eigenvalue weighted by Gasteiger charge is 2.04. The Labute approximate surface area is 104 Å². The van der Waals surface area contributed by atoms with E-state index in [1.54, 1.807) is 6.07 Å². The molecule has 5 heteroatoms. The molecule has 2 rings (SSSR count). The number of nitrogens with zero attached hydrogens (tertiary/aromatic N) is 3. The van der Waals surface area contributed by atoms with Gasteiger partial charge in [0, 0.05) is 10.7 Å². The number of nitrogens with one attached hydrogen (secondary N) is 1. The van der Waals surface area contributed by atoms with Crippen LogP contribution in [0.5, 0.6) is 0 Å². The lowest BCUT2D eigenvalue weighted by Crippen LogP contribution is -1.97. The monoisotopic (exact) mass is 244 g/mol. The van der Waals surface area contributed by atoms with Crippen molar-refractivity contribution in [3.05, 3.63) is 46.9 Å². The van der Waals surface area contributed by atoms with Crippen LogP contribution < -0.4 is 5.32 Å². The Bertz CT molecular complexity index is 589. The first-order valence-electron chi connectivity index (χ1n) is 4.94. The second-order valence-corrected chi connectivity index (χ2v) is 3.89. The zero-order valence-electron chi connectivity index (χ0n) is 9.11. The topological polar surface area (TPSA) is 61.6 Å². The van der Waals surface area contributed by atoms with E-state index in [0.717, 1.165) is 11.3 Å². The van der Waals surface area contributed by atoms with E-state index in [4.69, 9.17) is 16.9 Å². The number of nitriles is 1. The molecule has 0 aliphatic carbocycles. The Morgan fingerprint density at radius 3 is 2.94 bits per heavy atom. The van der Waals surface area contributed by atoms with Gasteiger partial charge in [0.1, 0.15) is 18.0 Å². The lowest BCUT2D eigenvalue weighted by molar-refractivity contribution is 1.15. The first kappa shape index (κ1) is 11.4. The van der Waals surface area contributed by atoms with E-state index in [1.165, 1.54) is 12.5 Å². The maximum absolute atomic E-state index is 8.90. The summed E-state index contributed by atoms with van der Waals surface area (Å²) in [4.78, 5) is 7.80. The van der Waals surface area contributed by atoms with Gasteiger partial charge in [0.05, 0.1) is 6.20 Å². The van der Waals surface area contributed by atoms with Gasteiger partial charge in [-0.25, -0.2) is 9.97 Å². The minimum absolute atomic E-state index is 0.393. The average molecular weight is 245 g/mol. The second-order valence-electron chi connectivity index (χ2n) is 3.49. The van der Waals surface area contributed by atoms with E-state index in [0.29, 0.717) is 16.4 Å². The molecule has 0 atom stereocenters. The number of halogens is 1. The summed E-state index contributed by atoms with van der Waals surface area (Å²) in [6, 6.07) is 7.59. The molecule has 0 unspecified atom stereocenters. The minimum Gasteiger partial charge on any atom is -0.339 e. The quantitative estimate of drug-likeness (QED) is 0.882. The van der Waals surface area contributed by atoms with Crippen LogP contribution in [0, 0.1) is 18.3 Å². The van der Waals surface area contributed by atoms with Crippen LogP contribution in [-0.2, 0) is 0 Å². The summed E-state index contributed by atoms with van der Waals surface area (Å²) in [6.45, 7) is 1.93. The predicted octanol–water partition coefficient (Wildman–Crippen LogP) is 3.05. The Morgan fingerprint density at radius 2 is 2.24 bits per heavy atom. The number of aryl methyl sites for hydroxylation is 1. The fraction of sp³-hybridized carbons (Fsp3) is 0.0833. The third kappa shape index (κ3) is 2.52. The number of anilines is 2. The molecule has 0 bridgehead atoms. The molecular formula is C12H9ClN4. The van der Waals surface area contributed by atoms with Crippen molar-refractivity contribution in [3.8, 4) is 6.07 Å². The van der Waals surface area contributed by atoms with Gasteiger partial charge in [0.25, 0.3) is 0 Å². The first-order valence-corrected chi connectivity index (χ1v) is 5.32. The summed E-state index contributed by atoms with van der Waals surface area (Å²) in [6.07, 6.45) is 2.85. The maximum Gasteiger partial charge on any atom is 0.151 e. The number of rotatable bonds is 2. The Morgan fingerprint density at radius 1 is 1.41 bits per heavy atom. The fourth-order valence-corrected chi connectivity index (χ4v) is 1.50. The maximum atomic E-state index is 8.90. The number of benzene rings is 1. The Hall–Kier alpha value is -2.12. The molecule has 84 valence electrons. The summed E-state index contributed by atoms with van der Waals surface area (Å²) in [7, 11) is 0. The second kappa shape index (κ2) is 4.81. The van der Waals surface area contributed by atoms with Gasteiger partial charge in [-0.1, -0.05) is 17.7 Å². The van der Waals surface area contributed by atoms with Gasteiger partial charge in [0.15, 0.2) is 5.82 Å². The molecule has 2 aromatic rings. The summed E-state index contributed by atoms with van der Waals surface area (Å²) >= 11 is 6.02. The van der Waals surface area contributed by atoms with Crippen LogP contribution in [0.2, 0.25) is 5.02 Å². The molecule has 0 amide bonds. The van der Waals surface area contributed by atoms with Crippen molar-refractivity contribution in [1.82, 2.24) is 9.97 Å². The van der Waals surface area contributed by atoms with Crippen LogP contribution in [0.3, 0.4) is 0 Å². The molecule has 1 aromatic carbocycles. The molecule has 0 saturated carbocycles. The molecule has 0 aliphatic heterocycles. The van der Waals surface area contributed by atoms with E-state index in [1.807, 2.05) is 25.1 Å². The van der Waals surface area contributed by atoms with Crippen molar-refractivity contribution < 1.29 is 0 Å². The van der Waals surface area contributed by atoms with Gasteiger partial charge >= 0.3 is 0 Å². The van der Waals surface area contributed by atoms with Crippen molar-refractivity contribution in [2.45, 2.75) is 6.92 Å². The highest BCUT2D eigenvalue weighted by Crippen LogP contribution is 2.23. The molecule has 1 N–H and O–H groups in total. The van der Waals surface area contributed by atoms with Crippen LogP contribution in [0.25, 0.3) is 0 Å². The smallest absolute Gasteiger partial charge is 0.151 e. The molecule has 1 aromatic heterocycles. The minimum atomic E-state index is 0.393. The van der Waals surface area contributed by atoms with Crippen LogP contribution in [0.1, 0.15) is 11.1 Å². The van der Waals surface area contributed by atoms with Gasteiger partial charge < -0.3 is 5.32 Å². The summed E-state index contributed by atoms with van der Waals surface area (Å²) in [5.41, 5.74) is 2.18. The molecule has 1 heterocycles. The summed E-state index contributed by atoms with van der Waals surface area (Å²) < 4.78 is 0. The first-order chi connectivity index (χ1) is 8.20. The molecule has 17 heavy (non-hydrogen) atoms. The standard InChI is InChI=1S/C12H9ClN4/c1-8-2-3-10(4-11(8)13)17-12-9(5-14)6-15-7-16-12/h2-4,6-7H,1H3,(H,15,16,17). The van der Waals surface area contributed by atoms with Crippen molar-refractivity contribution in [1.29, 1.82) is 5.26 Å². The summed E-state index contributed by atoms with van der Waals surface area (Å²) in [5, 5.41) is 12.6. The zero-order valence-corrected chi connectivity index (χ0v) is 9.86. The molecule has 0 fully saturated rings. The molecule has 0 saturated heterocycles. The van der Waals surface area contributed by atoms with Gasteiger partial charge in [0.2, 0.25) is 0 Å². The van der Waals surface area contributed by atoms with E-state index in [2.05, 4.69) is 15.3 Å².